The van der Waals surface area contributed by atoms with Crippen LogP contribution in [0, 0.1) is 0 Å². The van der Waals surface area contributed by atoms with E-state index in [2.05, 4.69) is 0 Å². The van der Waals surface area contributed by atoms with Crippen LogP contribution in [-0.4, -0.2) is 63.8 Å². The standard InChI is InChI=1S/C14H28O6/c1-13(2,3)18-7-8-9(15)10(16)11(17)12(19-8)20-14(4,5)6/h8-12,15-17H,7H2,1-6H3/t8?,9-,10?,11?,12-/m1/s1. The summed E-state index contributed by atoms with van der Waals surface area (Å²) in [4.78, 5) is 0. The molecular weight excluding hydrogens is 264 g/mol. The third-order valence-corrected chi connectivity index (χ3v) is 2.82. The van der Waals surface area contributed by atoms with Crippen molar-refractivity contribution in [3.8, 4) is 0 Å². The monoisotopic (exact) mass is 292 g/mol. The fourth-order valence-corrected chi connectivity index (χ4v) is 1.83. The number of hydrogen-bond donors (Lipinski definition) is 3. The molecule has 0 bridgehead atoms. The Balaban J connectivity index is 2.71. The van der Waals surface area contributed by atoms with Gasteiger partial charge in [0.25, 0.3) is 0 Å². The molecule has 20 heavy (non-hydrogen) atoms. The van der Waals surface area contributed by atoms with Gasteiger partial charge in [0.15, 0.2) is 6.29 Å². The van der Waals surface area contributed by atoms with E-state index in [1.807, 2.05) is 41.5 Å². The number of ether oxygens (including phenoxy) is 3. The minimum absolute atomic E-state index is 0.110. The molecule has 3 N–H and O–H groups in total. The Morgan fingerprint density at radius 2 is 1.40 bits per heavy atom. The third-order valence-electron chi connectivity index (χ3n) is 2.82. The van der Waals surface area contributed by atoms with Gasteiger partial charge in [-0.1, -0.05) is 0 Å². The molecule has 0 aromatic heterocycles. The lowest BCUT2D eigenvalue weighted by molar-refractivity contribution is -0.324. The van der Waals surface area contributed by atoms with E-state index in [0.717, 1.165) is 0 Å². The average molecular weight is 292 g/mol. The third kappa shape index (κ3) is 5.27. The highest BCUT2D eigenvalue weighted by Crippen LogP contribution is 2.26. The number of aliphatic hydroxyl groups excluding tert-OH is 3. The van der Waals surface area contributed by atoms with Crippen LogP contribution in [0.4, 0.5) is 0 Å². The second-order valence-corrected chi connectivity index (χ2v) is 7.17. The topological polar surface area (TPSA) is 88.4 Å². The van der Waals surface area contributed by atoms with Gasteiger partial charge in [-0.15, -0.1) is 0 Å². The molecule has 5 atom stereocenters. The fraction of sp³-hybridized carbons (Fsp3) is 1.00. The predicted octanol–water partition coefficient (Wildman–Crippen LogP) is 0.424. The first-order valence-corrected chi connectivity index (χ1v) is 6.92. The predicted molar refractivity (Wildman–Crippen MR) is 73.2 cm³/mol. The van der Waals surface area contributed by atoms with Crippen LogP contribution in [-0.2, 0) is 14.2 Å². The van der Waals surface area contributed by atoms with Crippen molar-refractivity contribution in [3.05, 3.63) is 0 Å². The maximum atomic E-state index is 9.95. The molecular formula is C14H28O6. The Morgan fingerprint density at radius 3 is 1.85 bits per heavy atom. The molecule has 6 nitrogen and oxygen atoms in total. The summed E-state index contributed by atoms with van der Waals surface area (Å²) in [5.41, 5.74) is -0.923. The largest absolute Gasteiger partial charge is 0.387 e. The lowest BCUT2D eigenvalue weighted by Crippen LogP contribution is -2.60. The molecule has 1 heterocycles. The van der Waals surface area contributed by atoms with Crippen LogP contribution in [0.3, 0.4) is 0 Å². The van der Waals surface area contributed by atoms with Gasteiger partial charge in [0.1, 0.15) is 24.4 Å². The van der Waals surface area contributed by atoms with Crippen molar-refractivity contribution in [2.75, 3.05) is 6.61 Å². The van der Waals surface area contributed by atoms with Crippen LogP contribution >= 0.6 is 0 Å². The van der Waals surface area contributed by atoms with E-state index < -0.39 is 36.3 Å². The molecule has 1 aliphatic rings. The fourth-order valence-electron chi connectivity index (χ4n) is 1.83. The molecule has 1 aliphatic heterocycles. The van der Waals surface area contributed by atoms with Gasteiger partial charge in [-0.3, -0.25) is 0 Å². The zero-order valence-electron chi connectivity index (χ0n) is 13.2. The van der Waals surface area contributed by atoms with Crippen molar-refractivity contribution in [1.82, 2.24) is 0 Å². The Morgan fingerprint density at radius 1 is 0.850 bits per heavy atom. The molecule has 3 unspecified atom stereocenters. The first kappa shape index (κ1) is 17.8. The molecule has 0 spiro atoms. The van der Waals surface area contributed by atoms with E-state index in [1.165, 1.54) is 0 Å². The van der Waals surface area contributed by atoms with Crippen LogP contribution in [0.25, 0.3) is 0 Å². The Labute approximate surface area is 120 Å². The van der Waals surface area contributed by atoms with Crippen molar-refractivity contribution in [1.29, 1.82) is 0 Å². The van der Waals surface area contributed by atoms with Crippen LogP contribution in [0.1, 0.15) is 41.5 Å². The molecule has 1 fully saturated rings. The smallest absolute Gasteiger partial charge is 0.187 e. The summed E-state index contributed by atoms with van der Waals surface area (Å²) in [6.07, 6.45) is -5.59. The van der Waals surface area contributed by atoms with Crippen molar-refractivity contribution in [2.45, 2.75) is 83.5 Å². The summed E-state index contributed by atoms with van der Waals surface area (Å²) in [6, 6.07) is 0. The highest BCUT2D eigenvalue weighted by molar-refractivity contribution is 4.90. The van der Waals surface area contributed by atoms with Crippen molar-refractivity contribution in [2.24, 2.45) is 0 Å². The van der Waals surface area contributed by atoms with Gasteiger partial charge in [0.2, 0.25) is 0 Å². The van der Waals surface area contributed by atoms with Gasteiger partial charge < -0.3 is 29.5 Å². The minimum Gasteiger partial charge on any atom is -0.387 e. The summed E-state index contributed by atoms with van der Waals surface area (Å²) in [7, 11) is 0. The van der Waals surface area contributed by atoms with E-state index in [1.54, 1.807) is 0 Å². The number of rotatable bonds is 3. The molecule has 0 aliphatic carbocycles. The lowest BCUT2D eigenvalue weighted by Gasteiger charge is -2.42. The van der Waals surface area contributed by atoms with Gasteiger partial charge in [-0.2, -0.15) is 0 Å². The molecule has 1 saturated heterocycles. The van der Waals surface area contributed by atoms with E-state index in [0.29, 0.717) is 0 Å². The summed E-state index contributed by atoms with van der Waals surface area (Å²) in [5.74, 6) is 0. The van der Waals surface area contributed by atoms with Crippen LogP contribution in [0.5, 0.6) is 0 Å². The summed E-state index contributed by atoms with van der Waals surface area (Å²) >= 11 is 0. The molecule has 120 valence electrons. The van der Waals surface area contributed by atoms with E-state index in [-0.39, 0.29) is 12.2 Å². The van der Waals surface area contributed by atoms with Gasteiger partial charge in [-0.05, 0) is 41.5 Å². The minimum atomic E-state index is -1.33. The van der Waals surface area contributed by atoms with Crippen molar-refractivity contribution >= 4 is 0 Å². The molecule has 1 rings (SSSR count). The van der Waals surface area contributed by atoms with Crippen LogP contribution in [0.15, 0.2) is 0 Å². The lowest BCUT2D eigenvalue weighted by atomic mass is 9.99. The molecule has 0 aromatic rings. The number of hydrogen-bond acceptors (Lipinski definition) is 6. The normalized spacial score (nSPS) is 36.1. The first-order valence-electron chi connectivity index (χ1n) is 6.92. The zero-order chi connectivity index (χ0) is 15.7. The molecule has 0 aromatic carbocycles. The van der Waals surface area contributed by atoms with Crippen molar-refractivity contribution < 1.29 is 29.5 Å². The van der Waals surface area contributed by atoms with E-state index in [4.69, 9.17) is 14.2 Å². The maximum absolute atomic E-state index is 9.95. The van der Waals surface area contributed by atoms with Gasteiger partial charge in [0.05, 0.1) is 17.8 Å². The zero-order valence-corrected chi connectivity index (χ0v) is 13.2. The first-order chi connectivity index (χ1) is 8.91. The van der Waals surface area contributed by atoms with Crippen molar-refractivity contribution in [3.63, 3.8) is 0 Å². The summed E-state index contributed by atoms with van der Waals surface area (Å²) < 4.78 is 16.7. The highest BCUT2D eigenvalue weighted by atomic mass is 16.7. The number of aliphatic hydroxyl groups is 3. The maximum Gasteiger partial charge on any atom is 0.187 e. The highest BCUT2D eigenvalue weighted by Gasteiger charge is 2.45. The summed E-state index contributed by atoms with van der Waals surface area (Å²) in [6.45, 7) is 11.2. The molecule has 6 heteroatoms. The SMILES string of the molecule is CC(C)(C)OCC1O[C@H](OC(C)(C)C)C(O)C(O)[C@@H]1O. The Hall–Kier alpha value is -0.240. The average Bonchev–Trinajstić information content (AvgIpc) is 2.25. The molecule has 0 amide bonds. The quantitative estimate of drug-likeness (QED) is 0.699. The van der Waals surface area contributed by atoms with Gasteiger partial charge >= 0.3 is 0 Å². The van der Waals surface area contributed by atoms with Crippen LogP contribution < -0.4 is 0 Å². The second-order valence-electron chi connectivity index (χ2n) is 7.17. The summed E-state index contributed by atoms with van der Waals surface area (Å²) in [5, 5.41) is 29.8. The Bertz CT molecular complexity index is 304. The van der Waals surface area contributed by atoms with E-state index >= 15 is 0 Å². The Kier molecular flexibility index (Phi) is 5.57. The van der Waals surface area contributed by atoms with Gasteiger partial charge in [-0.25, -0.2) is 0 Å². The second kappa shape index (κ2) is 6.25. The van der Waals surface area contributed by atoms with Gasteiger partial charge in [0, 0.05) is 0 Å². The molecule has 0 radical (unpaired) electrons. The van der Waals surface area contributed by atoms with E-state index in [9.17, 15) is 15.3 Å². The van der Waals surface area contributed by atoms with Crippen LogP contribution in [0.2, 0.25) is 0 Å². The molecule has 0 saturated carbocycles.